The van der Waals surface area contributed by atoms with Gasteiger partial charge in [-0.3, -0.25) is 19.8 Å². The van der Waals surface area contributed by atoms with Crippen LogP contribution in [0, 0.1) is 0 Å². The zero-order valence-corrected chi connectivity index (χ0v) is 17.1. The Morgan fingerprint density at radius 3 is 2.57 bits per heavy atom. The summed E-state index contributed by atoms with van der Waals surface area (Å²) in [5.41, 5.74) is 0.711. The molecule has 0 unspecified atom stereocenters. The number of halogens is 1. The number of anilines is 1. The maximum Gasteiger partial charge on any atom is 0.341 e. The molecule has 3 rings (SSSR count). The first kappa shape index (κ1) is 21.3. The van der Waals surface area contributed by atoms with E-state index >= 15 is 0 Å². The number of nitrogens with one attached hydrogen (secondary N) is 1. The van der Waals surface area contributed by atoms with Crippen LogP contribution in [0.1, 0.15) is 5.56 Å². The summed E-state index contributed by atoms with van der Waals surface area (Å²) >= 11 is 11.0. The van der Waals surface area contributed by atoms with Crippen LogP contribution in [0.15, 0.2) is 48.0 Å². The molecule has 1 aliphatic rings. The molecule has 10 heteroatoms. The van der Waals surface area contributed by atoms with Gasteiger partial charge < -0.3 is 14.6 Å². The Morgan fingerprint density at radius 2 is 1.93 bits per heavy atom. The molecule has 0 bridgehead atoms. The number of thiocarbonyl (C=S) groups is 1. The quantitative estimate of drug-likeness (QED) is 0.399. The molecule has 0 atom stereocenters. The zero-order chi connectivity index (χ0) is 21.8. The first-order valence-corrected chi connectivity index (χ1v) is 9.28. The molecule has 1 fully saturated rings. The molecule has 0 radical (unpaired) electrons. The molecule has 1 saturated heterocycles. The molecule has 0 saturated carbocycles. The summed E-state index contributed by atoms with van der Waals surface area (Å²) < 4.78 is 10.4. The molecule has 1 aliphatic heterocycles. The zero-order valence-electron chi connectivity index (χ0n) is 15.5. The van der Waals surface area contributed by atoms with Crippen molar-refractivity contribution in [3.05, 3.63) is 58.6 Å². The number of ether oxygens (including phenoxy) is 2. The number of carboxylic acid groups (broad SMARTS) is 1. The maximum atomic E-state index is 13.0. The number of methoxy groups -OCH3 is 1. The van der Waals surface area contributed by atoms with E-state index in [1.165, 1.54) is 30.2 Å². The fourth-order valence-electron chi connectivity index (χ4n) is 2.68. The molecule has 2 aromatic rings. The third-order valence-corrected chi connectivity index (χ3v) is 4.59. The van der Waals surface area contributed by atoms with Gasteiger partial charge in [-0.05, 0) is 54.7 Å². The predicted molar refractivity (Wildman–Crippen MR) is 114 cm³/mol. The highest BCUT2D eigenvalue weighted by atomic mass is 35.5. The van der Waals surface area contributed by atoms with Gasteiger partial charge in [-0.25, -0.2) is 4.79 Å². The molecule has 0 spiro atoms. The average molecular weight is 447 g/mol. The van der Waals surface area contributed by atoms with Crippen molar-refractivity contribution in [2.45, 2.75) is 0 Å². The van der Waals surface area contributed by atoms with Crippen LogP contribution >= 0.6 is 23.8 Å². The van der Waals surface area contributed by atoms with Gasteiger partial charge in [-0.2, -0.15) is 0 Å². The molecule has 2 N–H and O–H groups in total. The lowest BCUT2D eigenvalue weighted by molar-refractivity contribution is -0.139. The van der Waals surface area contributed by atoms with Crippen LogP contribution in [0.3, 0.4) is 0 Å². The second-order valence-electron chi connectivity index (χ2n) is 6.02. The molecule has 154 valence electrons. The summed E-state index contributed by atoms with van der Waals surface area (Å²) in [6.07, 6.45) is 1.36. The first-order chi connectivity index (χ1) is 14.3. The van der Waals surface area contributed by atoms with Gasteiger partial charge in [0.15, 0.2) is 11.7 Å². The number of rotatable bonds is 6. The Labute approximate surface area is 181 Å². The second-order valence-corrected chi connectivity index (χ2v) is 6.84. The number of benzene rings is 2. The Balaban J connectivity index is 1.95. The van der Waals surface area contributed by atoms with Crippen LogP contribution in [0.25, 0.3) is 6.08 Å². The van der Waals surface area contributed by atoms with Crippen LogP contribution in [0.5, 0.6) is 11.5 Å². The SMILES string of the molecule is COc1cc(OCC(=O)O)ccc1C=C1C(=O)NC(=S)N(c2ccc(Cl)cc2)C1=O. The lowest BCUT2D eigenvalue weighted by Gasteiger charge is -2.29. The third-order valence-electron chi connectivity index (χ3n) is 4.05. The molecular weight excluding hydrogens is 432 g/mol. The number of carboxylic acids is 1. The van der Waals surface area contributed by atoms with E-state index in [4.69, 9.17) is 38.4 Å². The van der Waals surface area contributed by atoms with E-state index in [2.05, 4.69) is 5.32 Å². The summed E-state index contributed by atoms with van der Waals surface area (Å²) in [5.74, 6) is -1.83. The molecule has 0 aliphatic carbocycles. The van der Waals surface area contributed by atoms with Crippen molar-refractivity contribution in [2.75, 3.05) is 18.6 Å². The molecule has 2 aromatic carbocycles. The topological polar surface area (TPSA) is 105 Å². The number of carbonyl (C=O) groups is 3. The van der Waals surface area contributed by atoms with Gasteiger partial charge in [0.25, 0.3) is 11.8 Å². The first-order valence-electron chi connectivity index (χ1n) is 8.50. The van der Waals surface area contributed by atoms with Crippen molar-refractivity contribution in [1.29, 1.82) is 0 Å². The van der Waals surface area contributed by atoms with Gasteiger partial charge >= 0.3 is 5.97 Å². The number of hydrogen-bond donors (Lipinski definition) is 2. The molecular formula is C20H15ClN2O6S. The van der Waals surface area contributed by atoms with Gasteiger partial charge in [-0.15, -0.1) is 0 Å². The van der Waals surface area contributed by atoms with Crippen molar-refractivity contribution in [3.8, 4) is 11.5 Å². The number of nitrogens with zero attached hydrogens (tertiary/aromatic N) is 1. The highest BCUT2D eigenvalue weighted by Gasteiger charge is 2.34. The van der Waals surface area contributed by atoms with Gasteiger partial charge in [0.05, 0.1) is 12.8 Å². The second kappa shape index (κ2) is 8.93. The van der Waals surface area contributed by atoms with Gasteiger partial charge in [0.2, 0.25) is 0 Å². The number of aliphatic carboxylic acids is 1. The van der Waals surface area contributed by atoms with Crippen molar-refractivity contribution in [2.24, 2.45) is 0 Å². The summed E-state index contributed by atoms with van der Waals surface area (Å²) in [6.45, 7) is -0.516. The van der Waals surface area contributed by atoms with E-state index in [9.17, 15) is 14.4 Å². The molecule has 8 nitrogen and oxygen atoms in total. The minimum absolute atomic E-state index is 0.0474. The number of amides is 2. The van der Waals surface area contributed by atoms with Crippen LogP contribution in [-0.2, 0) is 14.4 Å². The number of hydrogen-bond acceptors (Lipinski definition) is 6. The lowest BCUT2D eigenvalue weighted by Crippen LogP contribution is -2.54. The largest absolute Gasteiger partial charge is 0.496 e. The highest BCUT2D eigenvalue weighted by molar-refractivity contribution is 7.80. The molecule has 30 heavy (non-hydrogen) atoms. The van der Waals surface area contributed by atoms with E-state index in [1.807, 2.05) is 0 Å². The minimum atomic E-state index is -1.12. The van der Waals surface area contributed by atoms with E-state index in [-0.39, 0.29) is 22.2 Å². The Bertz CT molecular complexity index is 1070. The maximum absolute atomic E-state index is 13.0. The van der Waals surface area contributed by atoms with Crippen molar-refractivity contribution in [1.82, 2.24) is 5.32 Å². The lowest BCUT2D eigenvalue weighted by atomic mass is 10.1. The van der Waals surface area contributed by atoms with Gasteiger partial charge in [0, 0.05) is 16.7 Å². The highest BCUT2D eigenvalue weighted by Crippen LogP contribution is 2.29. The van der Waals surface area contributed by atoms with Crippen LogP contribution in [0.2, 0.25) is 5.02 Å². The van der Waals surface area contributed by atoms with Crippen LogP contribution in [-0.4, -0.2) is 41.7 Å². The number of carbonyl (C=O) groups excluding carboxylic acids is 2. The Kier molecular flexibility index (Phi) is 6.34. The monoisotopic (exact) mass is 446 g/mol. The third kappa shape index (κ3) is 4.58. The van der Waals surface area contributed by atoms with Gasteiger partial charge in [0.1, 0.15) is 17.1 Å². The van der Waals surface area contributed by atoms with Crippen LogP contribution < -0.4 is 19.7 Å². The summed E-state index contributed by atoms with van der Waals surface area (Å²) in [4.78, 5) is 37.3. The van der Waals surface area contributed by atoms with Crippen molar-refractivity contribution in [3.63, 3.8) is 0 Å². The average Bonchev–Trinajstić information content (AvgIpc) is 2.71. The fourth-order valence-corrected chi connectivity index (χ4v) is 3.09. The van der Waals surface area contributed by atoms with Crippen molar-refractivity contribution >= 4 is 58.5 Å². The molecule has 0 aromatic heterocycles. The smallest absolute Gasteiger partial charge is 0.341 e. The molecule has 1 heterocycles. The van der Waals surface area contributed by atoms with E-state index in [0.29, 0.717) is 16.3 Å². The predicted octanol–water partition coefficient (Wildman–Crippen LogP) is 2.64. The van der Waals surface area contributed by atoms with E-state index < -0.39 is 24.4 Å². The molecule has 2 amide bonds. The van der Waals surface area contributed by atoms with Crippen molar-refractivity contribution < 1.29 is 29.0 Å². The summed E-state index contributed by atoms with van der Waals surface area (Å²) in [6, 6.07) is 10.9. The Morgan fingerprint density at radius 1 is 1.23 bits per heavy atom. The summed E-state index contributed by atoms with van der Waals surface area (Å²) in [7, 11) is 1.40. The fraction of sp³-hybridized carbons (Fsp3) is 0.100. The normalized spacial score (nSPS) is 15.2. The van der Waals surface area contributed by atoms with E-state index in [1.54, 1.807) is 30.3 Å². The minimum Gasteiger partial charge on any atom is -0.496 e. The Hall–Kier alpha value is -3.43. The summed E-state index contributed by atoms with van der Waals surface area (Å²) in [5, 5.41) is 11.6. The van der Waals surface area contributed by atoms with Gasteiger partial charge in [-0.1, -0.05) is 11.6 Å². The van der Waals surface area contributed by atoms with Crippen LogP contribution in [0.4, 0.5) is 5.69 Å². The van der Waals surface area contributed by atoms with E-state index in [0.717, 1.165) is 0 Å². The standard InChI is InChI=1S/C20H15ClN2O6S/c1-28-16-9-14(29-10-17(24)25)7-2-11(16)8-15-18(26)22-20(30)23(19(15)27)13-5-3-12(21)4-6-13/h2-9H,10H2,1H3,(H,24,25)(H,22,26,30).